The van der Waals surface area contributed by atoms with Crippen molar-refractivity contribution >= 4 is 21.8 Å². The first kappa shape index (κ1) is 22.5. The van der Waals surface area contributed by atoms with E-state index in [2.05, 4.69) is 11.9 Å². The van der Waals surface area contributed by atoms with E-state index in [-0.39, 0.29) is 17.7 Å². The van der Waals surface area contributed by atoms with Crippen LogP contribution in [0.3, 0.4) is 0 Å². The fourth-order valence-electron chi connectivity index (χ4n) is 4.40. The van der Waals surface area contributed by atoms with Gasteiger partial charge in [0.1, 0.15) is 6.04 Å². The number of hydrogen-bond acceptors (Lipinski definition) is 4. The Morgan fingerprint density at radius 3 is 2.50 bits per heavy atom. The van der Waals surface area contributed by atoms with Gasteiger partial charge in [-0.2, -0.15) is 4.31 Å². The predicted molar refractivity (Wildman–Crippen MR) is 115 cm³/mol. The molecule has 0 aromatic heterocycles. The molecule has 1 aromatic rings. The van der Waals surface area contributed by atoms with Crippen LogP contribution in [0.15, 0.2) is 35.7 Å². The maximum Gasteiger partial charge on any atom is 0.243 e. The first-order valence-electron chi connectivity index (χ1n) is 10.5. The Balaban J connectivity index is 1.64. The molecule has 8 heteroatoms. The Kier molecular flexibility index (Phi) is 6.98. The summed E-state index contributed by atoms with van der Waals surface area (Å²) in [4.78, 5) is 27.4. The van der Waals surface area contributed by atoms with Gasteiger partial charge < -0.3 is 10.2 Å². The standard InChI is InChI=1S/C22H31N3O4S/c1-4-11-23-21(26)19-6-5-12-25(19)22(27)18-9-13-24(14-10-18)30(28,29)20-8-7-16(2)15-17(20)3/h4,7-8,15,18-19H,1,5-6,9-14H2,2-3H3,(H,23,26)/t19-/m1/s1. The van der Waals surface area contributed by atoms with Gasteiger partial charge in [-0.15, -0.1) is 6.58 Å². The summed E-state index contributed by atoms with van der Waals surface area (Å²) in [5.41, 5.74) is 1.76. The Hall–Kier alpha value is -2.19. The molecule has 2 saturated heterocycles. The lowest BCUT2D eigenvalue weighted by atomic mass is 9.96. The topological polar surface area (TPSA) is 86.8 Å². The zero-order valence-electron chi connectivity index (χ0n) is 17.8. The van der Waals surface area contributed by atoms with Crippen LogP contribution >= 0.6 is 0 Å². The summed E-state index contributed by atoms with van der Waals surface area (Å²) in [6, 6.07) is 4.90. The van der Waals surface area contributed by atoms with Crippen molar-refractivity contribution in [1.82, 2.24) is 14.5 Å². The number of rotatable bonds is 6. The molecule has 0 radical (unpaired) electrons. The molecule has 1 N–H and O–H groups in total. The third-order valence-electron chi connectivity index (χ3n) is 6.01. The summed E-state index contributed by atoms with van der Waals surface area (Å²) in [6.45, 7) is 8.92. The van der Waals surface area contributed by atoms with Crippen molar-refractivity contribution in [3.63, 3.8) is 0 Å². The fourth-order valence-corrected chi connectivity index (χ4v) is 6.07. The van der Waals surface area contributed by atoms with Crippen LogP contribution in [0.1, 0.15) is 36.8 Å². The molecule has 164 valence electrons. The summed E-state index contributed by atoms with van der Waals surface area (Å²) in [5.74, 6) is -0.422. The molecular weight excluding hydrogens is 402 g/mol. The number of nitrogens with one attached hydrogen (secondary N) is 1. The minimum Gasteiger partial charge on any atom is -0.351 e. The number of likely N-dealkylation sites (tertiary alicyclic amines) is 1. The Morgan fingerprint density at radius 2 is 1.87 bits per heavy atom. The Bertz CT molecular complexity index is 920. The first-order valence-corrected chi connectivity index (χ1v) is 12.0. The summed E-state index contributed by atoms with van der Waals surface area (Å²) in [6.07, 6.45) is 4.03. The molecule has 3 rings (SSSR count). The molecule has 1 atom stereocenters. The molecule has 7 nitrogen and oxygen atoms in total. The van der Waals surface area contributed by atoms with Gasteiger partial charge in [0.15, 0.2) is 0 Å². The highest BCUT2D eigenvalue weighted by Gasteiger charge is 2.39. The lowest BCUT2D eigenvalue weighted by Gasteiger charge is -2.34. The van der Waals surface area contributed by atoms with Crippen LogP contribution in [0.5, 0.6) is 0 Å². The van der Waals surface area contributed by atoms with Gasteiger partial charge in [0, 0.05) is 32.1 Å². The van der Waals surface area contributed by atoms with Gasteiger partial charge in [0.2, 0.25) is 21.8 Å². The Labute approximate surface area is 179 Å². The quantitative estimate of drug-likeness (QED) is 0.695. The summed E-state index contributed by atoms with van der Waals surface area (Å²) in [7, 11) is -3.58. The molecule has 0 aliphatic carbocycles. The van der Waals surface area contributed by atoms with Crippen molar-refractivity contribution in [1.29, 1.82) is 0 Å². The summed E-state index contributed by atoms with van der Waals surface area (Å²) < 4.78 is 27.6. The van der Waals surface area contributed by atoms with Crippen LogP contribution in [0.4, 0.5) is 0 Å². The number of hydrogen-bond donors (Lipinski definition) is 1. The van der Waals surface area contributed by atoms with Gasteiger partial charge in [-0.3, -0.25) is 9.59 Å². The van der Waals surface area contributed by atoms with E-state index in [1.165, 1.54) is 4.31 Å². The molecular formula is C22H31N3O4S. The SMILES string of the molecule is C=CCNC(=O)[C@H]1CCCN1C(=O)C1CCN(S(=O)(=O)c2ccc(C)cc2C)CC1. The zero-order chi connectivity index (χ0) is 21.9. The highest BCUT2D eigenvalue weighted by atomic mass is 32.2. The lowest BCUT2D eigenvalue weighted by Crippen LogP contribution is -2.50. The second-order valence-corrected chi connectivity index (χ2v) is 10.1. The van der Waals surface area contributed by atoms with Crippen LogP contribution in [0.2, 0.25) is 0 Å². The van der Waals surface area contributed by atoms with Gasteiger partial charge in [0.05, 0.1) is 4.90 Å². The largest absolute Gasteiger partial charge is 0.351 e. The van der Waals surface area contributed by atoms with E-state index < -0.39 is 16.1 Å². The van der Waals surface area contributed by atoms with E-state index in [1.807, 2.05) is 13.0 Å². The molecule has 2 heterocycles. The van der Waals surface area contributed by atoms with Crippen LogP contribution in [-0.2, 0) is 19.6 Å². The van der Waals surface area contributed by atoms with Crippen LogP contribution in [0.25, 0.3) is 0 Å². The number of piperidine rings is 1. The van der Waals surface area contributed by atoms with Crippen LogP contribution in [0, 0.1) is 19.8 Å². The van der Waals surface area contributed by atoms with Crippen molar-refractivity contribution in [2.45, 2.75) is 50.5 Å². The normalized spacial score (nSPS) is 20.9. The van der Waals surface area contributed by atoms with Crippen molar-refractivity contribution in [3.8, 4) is 0 Å². The highest BCUT2D eigenvalue weighted by molar-refractivity contribution is 7.89. The molecule has 1 aromatic carbocycles. The average molecular weight is 434 g/mol. The number of nitrogens with zero attached hydrogens (tertiary/aromatic N) is 2. The number of aryl methyl sites for hydroxylation is 2. The number of carbonyl (C=O) groups is 2. The fraction of sp³-hybridized carbons (Fsp3) is 0.545. The second-order valence-electron chi connectivity index (χ2n) is 8.17. The van der Waals surface area contributed by atoms with Crippen molar-refractivity contribution < 1.29 is 18.0 Å². The predicted octanol–water partition coefficient (Wildman–Crippen LogP) is 2.00. The van der Waals surface area contributed by atoms with Crippen molar-refractivity contribution in [3.05, 3.63) is 42.0 Å². The number of sulfonamides is 1. The monoisotopic (exact) mass is 433 g/mol. The van der Waals surface area contributed by atoms with E-state index in [0.29, 0.717) is 50.3 Å². The van der Waals surface area contributed by atoms with Crippen molar-refractivity contribution in [2.24, 2.45) is 5.92 Å². The molecule has 2 aliphatic rings. The minimum atomic E-state index is -3.58. The third kappa shape index (κ3) is 4.59. The van der Waals surface area contributed by atoms with E-state index in [1.54, 1.807) is 30.0 Å². The van der Waals surface area contributed by atoms with Crippen LogP contribution in [-0.4, -0.2) is 61.7 Å². The van der Waals surface area contributed by atoms with Gasteiger partial charge in [-0.25, -0.2) is 8.42 Å². The molecule has 2 fully saturated rings. The van der Waals surface area contributed by atoms with E-state index in [0.717, 1.165) is 17.5 Å². The first-order chi connectivity index (χ1) is 14.3. The van der Waals surface area contributed by atoms with Gasteiger partial charge in [0.25, 0.3) is 0 Å². The van der Waals surface area contributed by atoms with E-state index >= 15 is 0 Å². The minimum absolute atomic E-state index is 0.0326. The van der Waals surface area contributed by atoms with Crippen LogP contribution < -0.4 is 5.32 Å². The van der Waals surface area contributed by atoms with E-state index in [9.17, 15) is 18.0 Å². The Morgan fingerprint density at radius 1 is 1.17 bits per heavy atom. The molecule has 0 unspecified atom stereocenters. The highest BCUT2D eigenvalue weighted by Crippen LogP contribution is 2.29. The zero-order valence-corrected chi connectivity index (χ0v) is 18.6. The maximum absolute atomic E-state index is 13.1. The lowest BCUT2D eigenvalue weighted by molar-refractivity contribution is -0.142. The van der Waals surface area contributed by atoms with Gasteiger partial charge >= 0.3 is 0 Å². The molecule has 2 aliphatic heterocycles. The summed E-state index contributed by atoms with van der Waals surface area (Å²) >= 11 is 0. The smallest absolute Gasteiger partial charge is 0.243 e. The molecule has 0 saturated carbocycles. The number of carbonyl (C=O) groups excluding carboxylic acids is 2. The summed E-state index contributed by atoms with van der Waals surface area (Å²) in [5, 5.41) is 2.78. The second kappa shape index (κ2) is 9.31. The molecule has 30 heavy (non-hydrogen) atoms. The number of amides is 2. The van der Waals surface area contributed by atoms with Gasteiger partial charge in [-0.05, 0) is 51.2 Å². The molecule has 0 bridgehead atoms. The van der Waals surface area contributed by atoms with Gasteiger partial charge in [-0.1, -0.05) is 23.8 Å². The molecule has 0 spiro atoms. The number of benzene rings is 1. The van der Waals surface area contributed by atoms with E-state index in [4.69, 9.17) is 0 Å². The average Bonchev–Trinajstić information content (AvgIpc) is 3.21. The maximum atomic E-state index is 13.1. The van der Waals surface area contributed by atoms with Crippen molar-refractivity contribution in [2.75, 3.05) is 26.2 Å². The third-order valence-corrected chi connectivity index (χ3v) is 8.07. The molecule has 2 amide bonds.